The summed E-state index contributed by atoms with van der Waals surface area (Å²) in [6, 6.07) is 11.6. The number of rotatable bonds is 6. The van der Waals surface area contributed by atoms with Crippen molar-refractivity contribution in [2.75, 3.05) is 36.4 Å². The van der Waals surface area contributed by atoms with Gasteiger partial charge in [0.2, 0.25) is 20.0 Å². The van der Waals surface area contributed by atoms with Crippen LogP contribution in [-0.2, 0) is 26.5 Å². The van der Waals surface area contributed by atoms with E-state index < -0.39 is 20.0 Å². The van der Waals surface area contributed by atoms with Crippen molar-refractivity contribution in [2.45, 2.75) is 11.3 Å². The van der Waals surface area contributed by atoms with Crippen molar-refractivity contribution in [3.63, 3.8) is 0 Å². The molecule has 1 N–H and O–H groups in total. The van der Waals surface area contributed by atoms with E-state index in [1.54, 1.807) is 12.1 Å². The Kier molecular flexibility index (Phi) is 4.94. The van der Waals surface area contributed by atoms with Gasteiger partial charge in [-0.15, -0.1) is 0 Å². The van der Waals surface area contributed by atoms with Gasteiger partial charge in [0.05, 0.1) is 16.3 Å². The molecule has 0 aromatic heterocycles. The average molecular weight is 425 g/mol. The van der Waals surface area contributed by atoms with Crippen LogP contribution in [0.25, 0.3) is 0 Å². The maximum atomic E-state index is 12.7. The fourth-order valence-corrected chi connectivity index (χ4v) is 5.89. The van der Waals surface area contributed by atoms with Crippen molar-refractivity contribution in [3.05, 3.63) is 48.0 Å². The number of anilines is 1. The van der Waals surface area contributed by atoms with E-state index in [-0.39, 0.29) is 17.2 Å². The van der Waals surface area contributed by atoms with Crippen molar-refractivity contribution in [2.24, 2.45) is 0 Å². The van der Waals surface area contributed by atoms with Gasteiger partial charge < -0.3 is 9.47 Å². The minimum Gasteiger partial charge on any atom is -0.486 e. The van der Waals surface area contributed by atoms with Gasteiger partial charge in [0.25, 0.3) is 0 Å². The number of hydrogen-bond acceptors (Lipinski definition) is 6. The first-order valence-electron chi connectivity index (χ1n) is 8.84. The van der Waals surface area contributed by atoms with Crippen molar-refractivity contribution in [1.82, 2.24) is 4.72 Å². The van der Waals surface area contributed by atoms with Gasteiger partial charge in [-0.3, -0.25) is 4.31 Å². The molecule has 2 heterocycles. The molecule has 0 aliphatic carbocycles. The summed E-state index contributed by atoms with van der Waals surface area (Å²) >= 11 is 0. The third-order valence-electron chi connectivity index (χ3n) is 4.66. The zero-order chi connectivity index (χ0) is 19.8. The summed E-state index contributed by atoms with van der Waals surface area (Å²) in [5.41, 5.74) is 1.64. The molecule has 10 heteroatoms. The Bertz CT molecular complexity index is 1100. The number of benzene rings is 2. The molecule has 0 atom stereocenters. The highest BCUT2D eigenvalue weighted by Crippen LogP contribution is 2.32. The average Bonchev–Trinajstić information content (AvgIpc) is 3.12. The van der Waals surface area contributed by atoms with Crippen LogP contribution in [0.15, 0.2) is 47.4 Å². The van der Waals surface area contributed by atoms with E-state index in [1.165, 1.54) is 22.5 Å². The minimum absolute atomic E-state index is 0.000617. The minimum atomic E-state index is -3.87. The predicted molar refractivity (Wildman–Crippen MR) is 104 cm³/mol. The summed E-state index contributed by atoms with van der Waals surface area (Å²) in [6.45, 7) is 0.905. The summed E-state index contributed by atoms with van der Waals surface area (Å²) in [4.78, 5) is 0.000617. The van der Waals surface area contributed by atoms with Crippen molar-refractivity contribution >= 4 is 25.7 Å². The van der Waals surface area contributed by atoms with Crippen LogP contribution in [0, 0.1) is 0 Å². The van der Waals surface area contributed by atoms with Crippen LogP contribution in [0.1, 0.15) is 5.56 Å². The van der Waals surface area contributed by atoms with Crippen LogP contribution < -0.4 is 18.5 Å². The second-order valence-electron chi connectivity index (χ2n) is 6.47. The highest BCUT2D eigenvalue weighted by atomic mass is 32.2. The number of hydrogen-bond donors (Lipinski definition) is 1. The molecular formula is C18H20N2O6S2. The second kappa shape index (κ2) is 7.26. The Hall–Kier alpha value is -2.30. The standard InChI is InChI=1S/C18H20N2O6S2/c21-27(22,20-9-7-14-3-1-2-4-16(14)20)12-8-19-28(23,24)15-5-6-17-18(13-15)26-11-10-25-17/h1-6,13,19H,7-12H2. The molecule has 4 rings (SSSR count). The highest BCUT2D eigenvalue weighted by Gasteiger charge is 2.29. The molecule has 8 nitrogen and oxygen atoms in total. The van der Waals surface area contributed by atoms with Gasteiger partial charge in [-0.25, -0.2) is 21.6 Å². The number of nitrogens with one attached hydrogen (secondary N) is 1. The molecule has 0 unspecified atom stereocenters. The third kappa shape index (κ3) is 3.67. The highest BCUT2D eigenvalue weighted by molar-refractivity contribution is 7.93. The summed E-state index contributed by atoms with van der Waals surface area (Å²) in [5.74, 6) is 0.515. The molecule has 2 aromatic rings. The van der Waals surface area contributed by atoms with Crippen LogP contribution in [-0.4, -0.2) is 48.9 Å². The van der Waals surface area contributed by atoms with Crippen LogP contribution in [0.4, 0.5) is 5.69 Å². The molecule has 2 aliphatic rings. The summed E-state index contributed by atoms with van der Waals surface area (Å²) < 4.78 is 64.8. The van der Waals surface area contributed by atoms with Gasteiger partial charge in [-0.05, 0) is 30.2 Å². The Labute approximate surface area is 164 Å². The van der Waals surface area contributed by atoms with Crippen molar-refractivity contribution in [3.8, 4) is 11.5 Å². The van der Waals surface area contributed by atoms with Crippen molar-refractivity contribution < 1.29 is 26.3 Å². The van der Waals surface area contributed by atoms with E-state index in [0.717, 1.165) is 5.56 Å². The predicted octanol–water partition coefficient (Wildman–Crippen LogP) is 1.13. The Morgan fingerprint density at radius 1 is 0.964 bits per heavy atom. The number of nitrogens with zero attached hydrogens (tertiary/aromatic N) is 1. The summed E-state index contributed by atoms with van der Waals surface area (Å²) in [6.07, 6.45) is 0.651. The van der Waals surface area contributed by atoms with E-state index in [2.05, 4.69) is 4.72 Å². The van der Waals surface area contributed by atoms with E-state index in [0.29, 0.717) is 43.4 Å². The van der Waals surface area contributed by atoms with Gasteiger partial charge in [-0.2, -0.15) is 0 Å². The fourth-order valence-electron chi connectivity index (χ4n) is 3.29. The van der Waals surface area contributed by atoms with Gasteiger partial charge in [0, 0.05) is 19.2 Å². The van der Waals surface area contributed by atoms with Gasteiger partial charge in [-0.1, -0.05) is 18.2 Å². The number of sulfonamides is 2. The maximum absolute atomic E-state index is 12.7. The first kappa shape index (κ1) is 19.0. The second-order valence-corrected chi connectivity index (χ2v) is 10.2. The maximum Gasteiger partial charge on any atom is 0.240 e. The zero-order valence-electron chi connectivity index (χ0n) is 15.0. The Morgan fingerprint density at radius 2 is 1.71 bits per heavy atom. The summed E-state index contributed by atoms with van der Waals surface area (Å²) in [5, 5.41) is 0. The Morgan fingerprint density at radius 3 is 2.54 bits per heavy atom. The molecule has 0 saturated heterocycles. The third-order valence-corrected chi connectivity index (χ3v) is 7.89. The quantitative estimate of drug-likeness (QED) is 0.746. The lowest BCUT2D eigenvalue weighted by Crippen LogP contribution is -2.37. The topological polar surface area (TPSA) is 102 Å². The van der Waals surface area contributed by atoms with Crippen molar-refractivity contribution in [1.29, 1.82) is 0 Å². The van der Waals surface area contributed by atoms with Crippen LogP contribution in [0.2, 0.25) is 0 Å². The zero-order valence-corrected chi connectivity index (χ0v) is 16.6. The van der Waals surface area contributed by atoms with Gasteiger partial charge in [0.1, 0.15) is 13.2 Å². The van der Waals surface area contributed by atoms with E-state index in [1.807, 2.05) is 12.1 Å². The van der Waals surface area contributed by atoms with Crippen LogP contribution in [0.5, 0.6) is 11.5 Å². The molecule has 0 bridgehead atoms. The van der Waals surface area contributed by atoms with E-state index in [9.17, 15) is 16.8 Å². The molecule has 0 saturated carbocycles. The van der Waals surface area contributed by atoms with Crippen LogP contribution in [0.3, 0.4) is 0 Å². The van der Waals surface area contributed by atoms with E-state index >= 15 is 0 Å². The molecule has 0 spiro atoms. The number of ether oxygens (including phenoxy) is 2. The molecule has 2 aliphatic heterocycles. The Balaban J connectivity index is 1.43. The smallest absolute Gasteiger partial charge is 0.240 e. The molecular weight excluding hydrogens is 404 g/mol. The summed E-state index contributed by atoms with van der Waals surface area (Å²) in [7, 11) is -7.50. The number of fused-ring (bicyclic) bond motifs is 2. The normalized spacial score (nSPS) is 16.1. The lowest BCUT2D eigenvalue weighted by atomic mass is 10.2. The van der Waals surface area contributed by atoms with Gasteiger partial charge in [0.15, 0.2) is 11.5 Å². The number of para-hydroxylation sites is 1. The van der Waals surface area contributed by atoms with E-state index in [4.69, 9.17) is 9.47 Å². The molecule has 0 amide bonds. The SMILES string of the molecule is O=S(=O)(NCCS(=O)(=O)N1CCc2ccccc21)c1ccc2c(c1)OCCO2. The molecule has 28 heavy (non-hydrogen) atoms. The largest absolute Gasteiger partial charge is 0.486 e. The molecule has 150 valence electrons. The van der Waals surface area contributed by atoms with Gasteiger partial charge >= 0.3 is 0 Å². The lowest BCUT2D eigenvalue weighted by molar-refractivity contribution is 0.171. The molecule has 0 radical (unpaired) electrons. The molecule has 2 aromatic carbocycles. The monoisotopic (exact) mass is 424 g/mol. The fraction of sp³-hybridized carbons (Fsp3) is 0.333. The van der Waals surface area contributed by atoms with Crippen LogP contribution >= 0.6 is 0 Å². The lowest BCUT2D eigenvalue weighted by Gasteiger charge is -2.20. The molecule has 0 fully saturated rings. The first-order chi connectivity index (χ1) is 13.4. The first-order valence-corrected chi connectivity index (χ1v) is 11.9.